The summed E-state index contributed by atoms with van der Waals surface area (Å²) in [6, 6.07) is -0.752. The number of unbranched alkanes of at least 4 members (excludes halogenated alkanes) is 27. The highest BCUT2D eigenvalue weighted by Gasteiger charge is 2.28. The highest BCUT2D eigenvalue weighted by molar-refractivity contribution is 7.47. The quantitative estimate of drug-likeness (QED) is 0.0327. The highest BCUT2D eigenvalue weighted by atomic mass is 31.2. The molecule has 1 amide bonds. The van der Waals surface area contributed by atoms with Crippen LogP contribution in [0.2, 0.25) is 0 Å². The van der Waals surface area contributed by atoms with Crippen molar-refractivity contribution >= 4 is 13.7 Å². The summed E-state index contributed by atoms with van der Waals surface area (Å²) < 4.78 is 23.6. The molecular weight excluding hydrogens is 659 g/mol. The molecule has 3 atom stereocenters. The minimum Gasteiger partial charge on any atom is -0.391 e. The first-order valence-corrected chi connectivity index (χ1v) is 23.4. The van der Waals surface area contributed by atoms with Gasteiger partial charge in [-0.1, -0.05) is 194 Å². The van der Waals surface area contributed by atoms with E-state index < -0.39 is 20.0 Å². The fourth-order valence-electron chi connectivity index (χ4n) is 6.58. The van der Waals surface area contributed by atoms with Crippen molar-refractivity contribution in [2.24, 2.45) is 0 Å². The van der Waals surface area contributed by atoms with Crippen molar-refractivity contribution in [3.63, 3.8) is 0 Å². The largest absolute Gasteiger partial charge is 0.472 e. The van der Waals surface area contributed by atoms with Gasteiger partial charge in [0.2, 0.25) is 5.91 Å². The maximum Gasteiger partial charge on any atom is 0.472 e. The van der Waals surface area contributed by atoms with Crippen LogP contribution < -0.4 is 5.32 Å². The maximum atomic E-state index is 12.9. The van der Waals surface area contributed by atoms with Crippen LogP contribution in [0.3, 0.4) is 0 Å². The van der Waals surface area contributed by atoms with Gasteiger partial charge < -0.3 is 19.8 Å². The lowest BCUT2D eigenvalue weighted by Crippen LogP contribution is -2.46. The standard InChI is InChI=1S/C42H87N2O6P/c1-6-8-10-12-14-16-18-20-22-23-25-27-29-31-33-35-41(45)40(39-50-51(47,48)49-38-37-44(3,4)5)43-42(46)36-34-32-30-28-26-24-21-19-17-15-13-11-9-7-2/h40-41,45H,6-39H2,1-5H3,(H-,43,46,47,48)/p+1/t40-,41+/m0/s1. The summed E-state index contributed by atoms with van der Waals surface area (Å²) in [4.78, 5) is 23.1. The smallest absolute Gasteiger partial charge is 0.391 e. The number of phosphoric acid groups is 1. The fraction of sp³-hybridized carbons (Fsp3) is 0.976. The van der Waals surface area contributed by atoms with Gasteiger partial charge in [-0.05, 0) is 12.8 Å². The molecule has 0 fully saturated rings. The Balaban J connectivity index is 4.36. The molecule has 0 aliphatic rings. The molecule has 51 heavy (non-hydrogen) atoms. The first kappa shape index (κ1) is 50.5. The van der Waals surface area contributed by atoms with Crippen LogP contribution in [0.1, 0.15) is 213 Å². The van der Waals surface area contributed by atoms with Crippen LogP contribution in [0.15, 0.2) is 0 Å². The number of nitrogens with zero attached hydrogens (tertiary/aromatic N) is 1. The van der Waals surface area contributed by atoms with Gasteiger partial charge >= 0.3 is 7.82 Å². The first-order chi connectivity index (χ1) is 24.5. The molecule has 8 nitrogen and oxygen atoms in total. The van der Waals surface area contributed by atoms with Gasteiger partial charge in [-0.15, -0.1) is 0 Å². The molecule has 0 aliphatic heterocycles. The lowest BCUT2D eigenvalue weighted by atomic mass is 10.0. The van der Waals surface area contributed by atoms with Crippen molar-refractivity contribution < 1.29 is 32.9 Å². The molecule has 0 bridgehead atoms. The van der Waals surface area contributed by atoms with Gasteiger partial charge in [0.25, 0.3) is 0 Å². The molecule has 0 heterocycles. The van der Waals surface area contributed by atoms with Crippen LogP contribution in [-0.2, 0) is 18.4 Å². The average Bonchev–Trinajstić information content (AvgIpc) is 3.07. The first-order valence-electron chi connectivity index (χ1n) is 21.9. The summed E-state index contributed by atoms with van der Waals surface area (Å²) in [5.41, 5.74) is 0. The van der Waals surface area contributed by atoms with Crippen molar-refractivity contribution in [1.82, 2.24) is 5.32 Å². The van der Waals surface area contributed by atoms with Gasteiger partial charge in [0.15, 0.2) is 0 Å². The zero-order chi connectivity index (χ0) is 37.9. The molecule has 0 aromatic heterocycles. The number of aliphatic hydroxyl groups excluding tert-OH is 1. The van der Waals surface area contributed by atoms with Crippen LogP contribution in [0.5, 0.6) is 0 Å². The van der Waals surface area contributed by atoms with Crippen LogP contribution in [0.25, 0.3) is 0 Å². The summed E-state index contributed by atoms with van der Waals surface area (Å²) in [6.07, 6.45) is 36.9. The summed E-state index contributed by atoms with van der Waals surface area (Å²) in [5, 5.41) is 13.9. The number of carbonyl (C=O) groups excluding carboxylic acids is 1. The summed E-state index contributed by atoms with van der Waals surface area (Å²) in [6.45, 7) is 4.90. The van der Waals surface area contributed by atoms with E-state index in [1.165, 1.54) is 148 Å². The second-order valence-corrected chi connectivity index (χ2v) is 17.9. The second kappa shape index (κ2) is 35.2. The van der Waals surface area contributed by atoms with Crippen molar-refractivity contribution in [1.29, 1.82) is 0 Å². The number of hydrogen-bond acceptors (Lipinski definition) is 5. The van der Waals surface area contributed by atoms with Gasteiger partial charge in [0.1, 0.15) is 13.2 Å². The monoisotopic (exact) mass is 748 g/mol. The van der Waals surface area contributed by atoms with E-state index in [0.29, 0.717) is 23.9 Å². The number of amides is 1. The molecule has 306 valence electrons. The van der Waals surface area contributed by atoms with Gasteiger partial charge in [-0.25, -0.2) is 4.57 Å². The number of nitrogens with one attached hydrogen (secondary N) is 1. The van der Waals surface area contributed by atoms with Gasteiger partial charge in [0, 0.05) is 6.42 Å². The van der Waals surface area contributed by atoms with Crippen molar-refractivity contribution in [3.8, 4) is 0 Å². The highest BCUT2D eigenvalue weighted by Crippen LogP contribution is 2.43. The molecule has 0 rings (SSSR count). The van der Waals surface area contributed by atoms with Crippen molar-refractivity contribution in [2.45, 2.75) is 225 Å². The van der Waals surface area contributed by atoms with E-state index in [0.717, 1.165) is 38.5 Å². The zero-order valence-corrected chi connectivity index (χ0v) is 35.5. The van der Waals surface area contributed by atoms with Gasteiger partial charge in [-0.2, -0.15) is 0 Å². The number of carbonyl (C=O) groups is 1. The molecule has 0 aromatic rings. The molecule has 1 unspecified atom stereocenters. The Hall–Kier alpha value is -0.500. The SMILES string of the molecule is CCCCCCCCCCCCCCCCC[C@@H](O)[C@H](COP(=O)(O)OCC[N+](C)(C)C)NC(=O)CCCCCCCCCCCCCCCC. The van der Waals surface area contributed by atoms with E-state index in [2.05, 4.69) is 19.2 Å². The van der Waals surface area contributed by atoms with Crippen LogP contribution in [0, 0.1) is 0 Å². The predicted molar refractivity (Wildman–Crippen MR) is 217 cm³/mol. The number of quaternary nitrogens is 1. The second-order valence-electron chi connectivity index (χ2n) is 16.4. The van der Waals surface area contributed by atoms with Crippen LogP contribution >= 0.6 is 7.82 Å². The Morgan fingerprint density at radius 3 is 1.31 bits per heavy atom. The number of rotatable bonds is 40. The topological polar surface area (TPSA) is 105 Å². The van der Waals surface area contributed by atoms with E-state index in [4.69, 9.17) is 9.05 Å². The van der Waals surface area contributed by atoms with Crippen LogP contribution in [-0.4, -0.2) is 73.4 Å². The molecule has 0 aliphatic carbocycles. The summed E-state index contributed by atoms with van der Waals surface area (Å²) in [5.74, 6) is -0.142. The third-order valence-corrected chi connectivity index (χ3v) is 11.1. The predicted octanol–water partition coefficient (Wildman–Crippen LogP) is 11.8. The lowest BCUT2D eigenvalue weighted by molar-refractivity contribution is -0.870. The van der Waals surface area contributed by atoms with Crippen molar-refractivity contribution in [2.75, 3.05) is 40.9 Å². The molecule has 0 radical (unpaired) electrons. The molecule has 0 saturated carbocycles. The van der Waals surface area contributed by atoms with Crippen LogP contribution in [0.4, 0.5) is 0 Å². The Bertz CT molecular complexity index is 809. The number of phosphoric ester groups is 1. The normalized spacial score (nSPS) is 14.4. The minimum absolute atomic E-state index is 0.0785. The van der Waals surface area contributed by atoms with E-state index >= 15 is 0 Å². The fourth-order valence-corrected chi connectivity index (χ4v) is 7.31. The average molecular weight is 748 g/mol. The number of aliphatic hydroxyl groups is 1. The van der Waals surface area contributed by atoms with Gasteiger partial charge in [0.05, 0.1) is 39.9 Å². The van der Waals surface area contributed by atoms with E-state index in [1.807, 2.05) is 21.1 Å². The Labute approximate surface area is 317 Å². The molecular formula is C42H88N2O6P+. The number of likely N-dealkylation sites (N-methyl/N-ethyl adjacent to an activating group) is 1. The summed E-state index contributed by atoms with van der Waals surface area (Å²) in [7, 11) is 1.63. The molecule has 0 spiro atoms. The number of hydrogen-bond donors (Lipinski definition) is 3. The Kier molecular flexibility index (Phi) is 34.9. The molecule has 3 N–H and O–H groups in total. The Morgan fingerprint density at radius 1 is 0.588 bits per heavy atom. The van der Waals surface area contributed by atoms with E-state index in [9.17, 15) is 19.4 Å². The van der Waals surface area contributed by atoms with Gasteiger partial charge in [-0.3, -0.25) is 13.8 Å². The van der Waals surface area contributed by atoms with E-state index in [1.54, 1.807) is 0 Å². The molecule has 0 aromatic carbocycles. The summed E-state index contributed by atoms with van der Waals surface area (Å²) >= 11 is 0. The maximum absolute atomic E-state index is 12.9. The lowest BCUT2D eigenvalue weighted by Gasteiger charge is -2.26. The third kappa shape index (κ3) is 37.6. The molecule has 9 heteroatoms. The van der Waals surface area contributed by atoms with E-state index in [-0.39, 0.29) is 19.1 Å². The zero-order valence-electron chi connectivity index (χ0n) is 34.6. The Morgan fingerprint density at radius 2 is 0.941 bits per heavy atom. The molecule has 0 saturated heterocycles. The third-order valence-electron chi connectivity index (χ3n) is 10.1. The minimum atomic E-state index is -4.30. The van der Waals surface area contributed by atoms with Crippen molar-refractivity contribution in [3.05, 3.63) is 0 Å².